The number of hydrogen-bond donors (Lipinski definition) is 1. The summed E-state index contributed by atoms with van der Waals surface area (Å²) in [6.07, 6.45) is 0. The lowest BCUT2D eigenvalue weighted by Crippen LogP contribution is -2.37. The third-order valence-corrected chi connectivity index (χ3v) is 4.77. The predicted molar refractivity (Wildman–Crippen MR) is 109 cm³/mol. The van der Waals surface area contributed by atoms with E-state index < -0.39 is 0 Å². The van der Waals surface area contributed by atoms with E-state index in [2.05, 4.69) is 48.3 Å². The first-order valence-electron chi connectivity index (χ1n) is 9.39. The molecule has 27 heavy (non-hydrogen) atoms. The Bertz CT molecular complexity index is 715. The van der Waals surface area contributed by atoms with Gasteiger partial charge in [-0.25, -0.2) is 0 Å². The van der Waals surface area contributed by atoms with Gasteiger partial charge in [-0.05, 0) is 36.9 Å². The largest absolute Gasteiger partial charge is 0.493 e. The number of likely N-dealkylation sites (N-methyl/N-ethyl adjacent to an activating group) is 1. The van der Waals surface area contributed by atoms with Crippen LogP contribution in [0.3, 0.4) is 0 Å². The highest BCUT2D eigenvalue weighted by atomic mass is 16.5. The highest BCUT2D eigenvalue weighted by molar-refractivity contribution is 5.98. The predicted octanol–water partition coefficient (Wildman–Crippen LogP) is 3.56. The van der Waals surface area contributed by atoms with E-state index in [1.165, 1.54) is 5.56 Å². The second-order valence-electron chi connectivity index (χ2n) is 6.27. The third-order valence-electron chi connectivity index (χ3n) is 4.77. The molecule has 0 spiro atoms. The number of carbonyl (C=O) groups is 1. The summed E-state index contributed by atoms with van der Waals surface area (Å²) in [5.74, 6) is 1.21. The number of nitrogens with zero attached hydrogens (tertiary/aromatic N) is 1. The van der Waals surface area contributed by atoms with E-state index in [1.807, 2.05) is 6.07 Å². The maximum atomic E-state index is 12.6. The molecule has 0 amide bonds. The van der Waals surface area contributed by atoms with Gasteiger partial charge in [0.05, 0.1) is 20.8 Å². The van der Waals surface area contributed by atoms with Gasteiger partial charge in [0.2, 0.25) is 0 Å². The summed E-state index contributed by atoms with van der Waals surface area (Å²) in [6.45, 7) is 7.23. The Hall–Kier alpha value is -2.37. The van der Waals surface area contributed by atoms with E-state index in [0.29, 0.717) is 23.6 Å². The molecule has 2 aromatic carbocycles. The number of carbonyl (C=O) groups excluding carboxylic acids is 1. The highest BCUT2D eigenvalue weighted by Crippen LogP contribution is 2.27. The molecule has 2 aromatic rings. The topological polar surface area (TPSA) is 50.8 Å². The van der Waals surface area contributed by atoms with Crippen LogP contribution in [0, 0.1) is 0 Å². The van der Waals surface area contributed by atoms with Crippen molar-refractivity contribution in [2.75, 3.05) is 40.4 Å². The standard InChI is InChI=1S/C22H30N2O3/c1-5-24(6-2)19(17-10-8-7-9-11-17)15-23-16-20(25)18-12-13-21(26-3)22(14-18)27-4/h7-14,19,23H,5-6,15-16H2,1-4H3. The molecule has 0 aliphatic carbocycles. The average Bonchev–Trinajstić information content (AvgIpc) is 2.73. The van der Waals surface area contributed by atoms with E-state index in [1.54, 1.807) is 32.4 Å². The maximum Gasteiger partial charge on any atom is 0.176 e. The van der Waals surface area contributed by atoms with Crippen LogP contribution >= 0.6 is 0 Å². The molecule has 0 bridgehead atoms. The van der Waals surface area contributed by atoms with Crippen LogP contribution in [0.2, 0.25) is 0 Å². The summed E-state index contributed by atoms with van der Waals surface area (Å²) >= 11 is 0. The summed E-state index contributed by atoms with van der Waals surface area (Å²) in [5, 5.41) is 3.33. The zero-order valence-electron chi connectivity index (χ0n) is 16.7. The third kappa shape index (κ3) is 5.55. The molecule has 1 atom stereocenters. The number of benzene rings is 2. The quantitative estimate of drug-likeness (QED) is 0.613. The first-order chi connectivity index (χ1) is 13.1. The molecule has 0 aliphatic rings. The summed E-state index contributed by atoms with van der Waals surface area (Å²) in [7, 11) is 3.15. The Balaban J connectivity index is 2.02. The molecule has 0 fully saturated rings. The monoisotopic (exact) mass is 370 g/mol. The van der Waals surface area contributed by atoms with Crippen molar-refractivity contribution in [3.8, 4) is 11.5 Å². The van der Waals surface area contributed by atoms with Crippen LogP contribution in [0.5, 0.6) is 11.5 Å². The first-order valence-corrected chi connectivity index (χ1v) is 9.39. The minimum absolute atomic E-state index is 0.0299. The van der Waals surface area contributed by atoms with E-state index in [9.17, 15) is 4.79 Å². The number of methoxy groups -OCH3 is 2. The van der Waals surface area contributed by atoms with Crippen molar-refractivity contribution in [1.82, 2.24) is 10.2 Å². The molecule has 0 aromatic heterocycles. The van der Waals surface area contributed by atoms with Gasteiger partial charge in [-0.3, -0.25) is 9.69 Å². The van der Waals surface area contributed by atoms with E-state index in [4.69, 9.17) is 9.47 Å². The van der Waals surface area contributed by atoms with Gasteiger partial charge >= 0.3 is 0 Å². The zero-order chi connectivity index (χ0) is 19.6. The van der Waals surface area contributed by atoms with Gasteiger partial charge in [0.25, 0.3) is 0 Å². The molecule has 0 heterocycles. The fraction of sp³-hybridized carbons (Fsp3) is 0.409. The Morgan fingerprint density at radius 1 is 1.00 bits per heavy atom. The number of ketones is 1. The van der Waals surface area contributed by atoms with E-state index in [-0.39, 0.29) is 18.4 Å². The molecule has 1 unspecified atom stereocenters. The van der Waals surface area contributed by atoms with Crippen molar-refractivity contribution in [3.05, 3.63) is 59.7 Å². The first kappa shape index (κ1) is 20.9. The fourth-order valence-electron chi connectivity index (χ4n) is 3.23. The van der Waals surface area contributed by atoms with Crippen LogP contribution in [0.25, 0.3) is 0 Å². The van der Waals surface area contributed by atoms with Gasteiger partial charge in [-0.15, -0.1) is 0 Å². The Labute approximate surface area is 162 Å². The van der Waals surface area contributed by atoms with Crippen molar-refractivity contribution >= 4 is 5.78 Å². The molecule has 0 aliphatic heterocycles. The minimum Gasteiger partial charge on any atom is -0.493 e. The normalized spacial score (nSPS) is 12.0. The van der Waals surface area contributed by atoms with E-state index >= 15 is 0 Å². The van der Waals surface area contributed by atoms with Crippen molar-refractivity contribution in [2.45, 2.75) is 19.9 Å². The van der Waals surface area contributed by atoms with Crippen LogP contribution in [0.4, 0.5) is 0 Å². The Morgan fingerprint density at radius 3 is 2.26 bits per heavy atom. The molecular formula is C22H30N2O3. The van der Waals surface area contributed by atoms with Gasteiger partial charge in [-0.1, -0.05) is 44.2 Å². The van der Waals surface area contributed by atoms with Gasteiger partial charge in [0.1, 0.15) is 0 Å². The van der Waals surface area contributed by atoms with Crippen LogP contribution in [-0.4, -0.2) is 51.1 Å². The molecule has 2 rings (SSSR count). The molecular weight excluding hydrogens is 340 g/mol. The highest BCUT2D eigenvalue weighted by Gasteiger charge is 2.18. The summed E-state index contributed by atoms with van der Waals surface area (Å²) in [4.78, 5) is 15.0. The number of hydrogen-bond acceptors (Lipinski definition) is 5. The maximum absolute atomic E-state index is 12.6. The summed E-state index contributed by atoms with van der Waals surface area (Å²) in [5.41, 5.74) is 1.87. The SMILES string of the molecule is CCN(CC)C(CNCC(=O)c1ccc(OC)c(OC)c1)c1ccccc1. The van der Waals surface area contributed by atoms with Crippen LogP contribution in [0.15, 0.2) is 48.5 Å². The molecule has 146 valence electrons. The van der Waals surface area contributed by atoms with Gasteiger partial charge in [-0.2, -0.15) is 0 Å². The van der Waals surface area contributed by atoms with E-state index in [0.717, 1.165) is 13.1 Å². The molecule has 5 heteroatoms. The van der Waals surface area contributed by atoms with Crippen LogP contribution in [0.1, 0.15) is 35.8 Å². The number of ether oxygens (including phenoxy) is 2. The lowest BCUT2D eigenvalue weighted by Gasteiger charge is -2.30. The van der Waals surface area contributed by atoms with Crippen molar-refractivity contribution in [1.29, 1.82) is 0 Å². The van der Waals surface area contributed by atoms with Crippen molar-refractivity contribution < 1.29 is 14.3 Å². The lowest BCUT2D eigenvalue weighted by atomic mass is 10.0. The van der Waals surface area contributed by atoms with Gasteiger partial charge in [0.15, 0.2) is 17.3 Å². The lowest BCUT2D eigenvalue weighted by molar-refractivity contribution is 0.0986. The molecule has 0 radical (unpaired) electrons. The van der Waals surface area contributed by atoms with Crippen LogP contribution < -0.4 is 14.8 Å². The number of rotatable bonds is 11. The molecule has 5 nitrogen and oxygen atoms in total. The second-order valence-corrected chi connectivity index (χ2v) is 6.27. The van der Waals surface area contributed by atoms with Crippen LogP contribution in [-0.2, 0) is 0 Å². The fourth-order valence-corrected chi connectivity index (χ4v) is 3.23. The number of Topliss-reactive ketones (excluding diaryl/α,β-unsaturated/α-hetero) is 1. The average molecular weight is 370 g/mol. The second kappa shape index (κ2) is 10.7. The van der Waals surface area contributed by atoms with Gasteiger partial charge < -0.3 is 14.8 Å². The smallest absolute Gasteiger partial charge is 0.176 e. The summed E-state index contributed by atoms with van der Waals surface area (Å²) < 4.78 is 10.5. The Morgan fingerprint density at radius 2 is 1.67 bits per heavy atom. The molecule has 0 saturated carbocycles. The molecule has 0 saturated heterocycles. The van der Waals surface area contributed by atoms with Gasteiger partial charge in [0, 0.05) is 18.2 Å². The summed E-state index contributed by atoms with van der Waals surface area (Å²) in [6, 6.07) is 15.9. The van der Waals surface area contributed by atoms with Crippen molar-refractivity contribution in [3.63, 3.8) is 0 Å². The zero-order valence-corrected chi connectivity index (χ0v) is 16.7. The molecule has 1 N–H and O–H groups in total. The number of nitrogens with one attached hydrogen (secondary N) is 1. The van der Waals surface area contributed by atoms with Crippen molar-refractivity contribution in [2.24, 2.45) is 0 Å². The Kier molecular flexibility index (Phi) is 8.30. The minimum atomic E-state index is 0.0299.